The first-order valence-electron chi connectivity index (χ1n) is 7.47. The first kappa shape index (κ1) is 15.5. The van der Waals surface area contributed by atoms with Crippen molar-refractivity contribution in [3.63, 3.8) is 0 Å². The summed E-state index contributed by atoms with van der Waals surface area (Å²) < 4.78 is 1.20. The molecule has 4 heteroatoms. The summed E-state index contributed by atoms with van der Waals surface area (Å²) in [6.45, 7) is 6.93. The van der Waals surface area contributed by atoms with Gasteiger partial charge in [0.25, 0.3) is 0 Å². The molecule has 1 unspecified atom stereocenters. The Bertz CT molecular complexity index is 367. The van der Waals surface area contributed by atoms with Crippen LogP contribution < -0.4 is 5.32 Å². The van der Waals surface area contributed by atoms with Crippen LogP contribution >= 0.6 is 27.3 Å². The van der Waals surface area contributed by atoms with Crippen LogP contribution in [0.15, 0.2) is 15.9 Å². The summed E-state index contributed by atoms with van der Waals surface area (Å²) in [6.07, 6.45) is 6.93. The van der Waals surface area contributed by atoms with E-state index in [-0.39, 0.29) is 0 Å². The number of thiophene rings is 1. The van der Waals surface area contributed by atoms with Crippen LogP contribution in [0.1, 0.15) is 43.9 Å². The minimum absolute atomic E-state index is 0.820. The average molecular weight is 345 g/mol. The fraction of sp³-hybridized carbons (Fsp3) is 0.733. The molecule has 1 aromatic heterocycles. The maximum atomic E-state index is 3.58. The monoisotopic (exact) mass is 344 g/mol. The molecule has 0 spiro atoms. The van der Waals surface area contributed by atoms with E-state index >= 15 is 0 Å². The van der Waals surface area contributed by atoms with Crippen molar-refractivity contribution in [1.82, 2.24) is 10.2 Å². The summed E-state index contributed by atoms with van der Waals surface area (Å²) in [4.78, 5) is 4.11. The molecule has 1 aliphatic rings. The fourth-order valence-electron chi connectivity index (χ4n) is 2.87. The normalized spacial score (nSPS) is 21.5. The van der Waals surface area contributed by atoms with E-state index in [2.05, 4.69) is 44.5 Å². The molecule has 2 rings (SSSR count). The van der Waals surface area contributed by atoms with E-state index in [1.807, 2.05) is 11.3 Å². The second kappa shape index (κ2) is 8.40. The summed E-state index contributed by atoms with van der Waals surface area (Å²) in [6, 6.07) is 3.03. The van der Waals surface area contributed by atoms with Crippen molar-refractivity contribution < 1.29 is 0 Å². The van der Waals surface area contributed by atoms with E-state index in [1.165, 1.54) is 54.5 Å². The first-order chi connectivity index (χ1) is 9.29. The predicted octanol–water partition coefficient (Wildman–Crippen LogP) is 4.25. The van der Waals surface area contributed by atoms with Crippen molar-refractivity contribution in [3.8, 4) is 0 Å². The van der Waals surface area contributed by atoms with E-state index in [4.69, 9.17) is 0 Å². The van der Waals surface area contributed by atoms with Gasteiger partial charge in [-0.3, -0.25) is 4.90 Å². The minimum Gasteiger partial charge on any atom is -0.311 e. The van der Waals surface area contributed by atoms with E-state index in [9.17, 15) is 0 Å². The third-order valence-electron chi connectivity index (χ3n) is 3.97. The summed E-state index contributed by atoms with van der Waals surface area (Å²) in [5, 5.41) is 5.73. The van der Waals surface area contributed by atoms with Gasteiger partial charge < -0.3 is 5.32 Å². The van der Waals surface area contributed by atoms with Gasteiger partial charge in [0.1, 0.15) is 0 Å². The molecule has 0 amide bonds. The molecule has 1 fully saturated rings. The summed E-state index contributed by atoms with van der Waals surface area (Å²) in [7, 11) is 0. The second-order valence-electron chi connectivity index (χ2n) is 5.36. The van der Waals surface area contributed by atoms with Gasteiger partial charge in [-0.25, -0.2) is 0 Å². The lowest BCUT2D eigenvalue weighted by atomic mass is 10.1. The Labute approximate surface area is 129 Å². The van der Waals surface area contributed by atoms with Gasteiger partial charge in [0.15, 0.2) is 0 Å². The molecule has 0 radical (unpaired) electrons. The van der Waals surface area contributed by atoms with Crippen LogP contribution in [0.2, 0.25) is 0 Å². The molecule has 0 saturated carbocycles. The van der Waals surface area contributed by atoms with Crippen molar-refractivity contribution in [2.45, 2.75) is 51.6 Å². The average Bonchev–Trinajstić information content (AvgIpc) is 2.70. The van der Waals surface area contributed by atoms with Crippen molar-refractivity contribution in [1.29, 1.82) is 0 Å². The van der Waals surface area contributed by atoms with Crippen molar-refractivity contribution in [3.05, 3.63) is 20.8 Å². The lowest BCUT2D eigenvalue weighted by molar-refractivity contribution is 0.195. The molecular formula is C15H25BrN2S. The maximum absolute atomic E-state index is 3.58. The van der Waals surface area contributed by atoms with Gasteiger partial charge in [0, 0.05) is 40.4 Å². The summed E-state index contributed by atoms with van der Waals surface area (Å²) in [5.41, 5.74) is 0. The highest BCUT2D eigenvalue weighted by Gasteiger charge is 2.18. The Hall–Kier alpha value is 0.1000. The smallest absolute Gasteiger partial charge is 0.0300 e. The largest absolute Gasteiger partial charge is 0.311 e. The fourth-order valence-corrected chi connectivity index (χ4v) is 4.29. The lowest BCUT2D eigenvalue weighted by Gasteiger charge is -2.29. The lowest BCUT2D eigenvalue weighted by Crippen LogP contribution is -2.39. The number of halogens is 1. The highest BCUT2D eigenvalue weighted by Crippen LogP contribution is 2.20. The van der Waals surface area contributed by atoms with Crippen LogP contribution in [0.25, 0.3) is 0 Å². The van der Waals surface area contributed by atoms with E-state index in [1.54, 1.807) is 0 Å². The number of hydrogen-bond acceptors (Lipinski definition) is 3. The topological polar surface area (TPSA) is 15.3 Å². The van der Waals surface area contributed by atoms with E-state index in [0.717, 1.165) is 19.1 Å². The van der Waals surface area contributed by atoms with Crippen molar-refractivity contribution >= 4 is 27.3 Å². The highest BCUT2D eigenvalue weighted by atomic mass is 79.9. The number of nitrogens with one attached hydrogen (secondary N) is 1. The highest BCUT2D eigenvalue weighted by molar-refractivity contribution is 9.10. The van der Waals surface area contributed by atoms with Crippen molar-refractivity contribution in [2.24, 2.45) is 0 Å². The third kappa shape index (κ3) is 5.18. The minimum atomic E-state index is 0.820. The van der Waals surface area contributed by atoms with Crippen LogP contribution in [-0.4, -0.2) is 30.6 Å². The molecule has 2 nitrogen and oxygen atoms in total. The molecular weight excluding hydrogens is 320 g/mol. The van der Waals surface area contributed by atoms with Gasteiger partial charge in [0.05, 0.1) is 0 Å². The van der Waals surface area contributed by atoms with Gasteiger partial charge >= 0.3 is 0 Å². The Morgan fingerprint density at radius 3 is 3.05 bits per heavy atom. The zero-order valence-corrected chi connectivity index (χ0v) is 14.2. The van der Waals surface area contributed by atoms with Crippen LogP contribution in [-0.2, 0) is 6.54 Å². The second-order valence-corrected chi connectivity index (χ2v) is 7.27. The van der Waals surface area contributed by atoms with Crippen LogP contribution in [0, 0.1) is 0 Å². The summed E-state index contributed by atoms with van der Waals surface area (Å²) in [5.74, 6) is 0. The SMILES string of the molecule is CCC1CCCCCN1CCNCc1cc(Br)cs1. The molecule has 19 heavy (non-hydrogen) atoms. The zero-order valence-electron chi connectivity index (χ0n) is 11.8. The Balaban J connectivity index is 1.68. The van der Waals surface area contributed by atoms with Gasteiger partial charge in [-0.05, 0) is 47.8 Å². The predicted molar refractivity (Wildman–Crippen MR) is 87.8 cm³/mol. The van der Waals surface area contributed by atoms with Gasteiger partial charge in [-0.2, -0.15) is 0 Å². The van der Waals surface area contributed by atoms with Crippen molar-refractivity contribution in [2.75, 3.05) is 19.6 Å². The standard InChI is InChI=1S/C15H25BrN2S/c1-2-14-6-4-3-5-8-18(14)9-7-17-11-15-10-13(16)12-19-15/h10,12,14,17H,2-9,11H2,1H3. The van der Waals surface area contributed by atoms with Gasteiger partial charge in [-0.15, -0.1) is 11.3 Å². The molecule has 0 bridgehead atoms. The zero-order chi connectivity index (χ0) is 13.5. The third-order valence-corrected chi connectivity index (χ3v) is 5.66. The molecule has 0 aliphatic carbocycles. The molecule has 1 saturated heterocycles. The number of rotatable bonds is 6. The summed E-state index contributed by atoms with van der Waals surface area (Å²) >= 11 is 5.32. The van der Waals surface area contributed by atoms with Gasteiger partial charge in [-0.1, -0.05) is 19.8 Å². The molecule has 1 aliphatic heterocycles. The quantitative estimate of drug-likeness (QED) is 0.775. The molecule has 1 N–H and O–H groups in total. The molecule has 1 atom stereocenters. The van der Waals surface area contributed by atoms with Crippen LogP contribution in [0.3, 0.4) is 0 Å². The number of nitrogens with zero attached hydrogens (tertiary/aromatic N) is 1. The molecule has 0 aromatic carbocycles. The Morgan fingerprint density at radius 1 is 1.42 bits per heavy atom. The van der Waals surface area contributed by atoms with E-state index < -0.39 is 0 Å². The molecule has 2 heterocycles. The van der Waals surface area contributed by atoms with Gasteiger partial charge in [0.2, 0.25) is 0 Å². The first-order valence-corrected chi connectivity index (χ1v) is 9.14. The van der Waals surface area contributed by atoms with Crippen LogP contribution in [0.5, 0.6) is 0 Å². The number of hydrogen-bond donors (Lipinski definition) is 1. The van der Waals surface area contributed by atoms with E-state index in [0.29, 0.717) is 0 Å². The maximum Gasteiger partial charge on any atom is 0.0300 e. The molecule has 1 aromatic rings. The Kier molecular flexibility index (Phi) is 6.85. The number of likely N-dealkylation sites (tertiary alicyclic amines) is 1. The Morgan fingerprint density at radius 2 is 2.32 bits per heavy atom. The molecule has 108 valence electrons. The van der Waals surface area contributed by atoms with Crippen LogP contribution in [0.4, 0.5) is 0 Å².